The van der Waals surface area contributed by atoms with Crippen molar-refractivity contribution in [1.29, 1.82) is 0 Å². The van der Waals surface area contributed by atoms with Crippen molar-refractivity contribution in [2.75, 3.05) is 7.05 Å². The van der Waals surface area contributed by atoms with Gasteiger partial charge in [0.2, 0.25) is 0 Å². The van der Waals surface area contributed by atoms with Crippen LogP contribution in [0.3, 0.4) is 0 Å². The molecule has 0 spiro atoms. The van der Waals surface area contributed by atoms with Gasteiger partial charge in [-0.2, -0.15) is 0 Å². The fraction of sp³-hybridized carbons (Fsp3) is 0.333. The molecule has 0 N–H and O–H groups in total. The quantitative estimate of drug-likeness (QED) is 0.574. The van der Waals surface area contributed by atoms with Gasteiger partial charge < -0.3 is 4.90 Å². The molecule has 1 aromatic rings. The third kappa shape index (κ3) is 0.763. The monoisotopic (exact) mass is 162 g/mol. The molecule has 0 saturated carbocycles. The first-order chi connectivity index (χ1) is 5.72. The summed E-state index contributed by atoms with van der Waals surface area (Å²) < 4.78 is 0. The lowest BCUT2D eigenvalue weighted by Crippen LogP contribution is -2.20. The number of nitrogens with zero attached hydrogens (tertiary/aromatic N) is 2. The summed E-state index contributed by atoms with van der Waals surface area (Å²) in [5.41, 5.74) is 1.64. The highest BCUT2D eigenvalue weighted by Crippen LogP contribution is 2.28. The fourth-order valence-corrected chi connectivity index (χ4v) is 1.48. The zero-order valence-electron chi connectivity index (χ0n) is 7.11. The standard InChI is InChI=1S/C9H10N2O/c1-6-8-7(4-3-5-10-8)9(12)11(6)2/h3-6H,1-2H3. The molecule has 0 bridgehead atoms. The van der Waals surface area contributed by atoms with Crippen LogP contribution in [-0.2, 0) is 0 Å². The van der Waals surface area contributed by atoms with Gasteiger partial charge >= 0.3 is 0 Å². The maximum absolute atomic E-state index is 11.5. The molecule has 3 nitrogen and oxygen atoms in total. The topological polar surface area (TPSA) is 33.2 Å². The third-order valence-electron chi connectivity index (χ3n) is 2.37. The van der Waals surface area contributed by atoms with Crippen LogP contribution >= 0.6 is 0 Å². The summed E-state index contributed by atoms with van der Waals surface area (Å²) in [5, 5.41) is 0. The van der Waals surface area contributed by atoms with E-state index in [0.29, 0.717) is 0 Å². The van der Waals surface area contributed by atoms with Crippen molar-refractivity contribution in [3.63, 3.8) is 0 Å². The van der Waals surface area contributed by atoms with Crippen molar-refractivity contribution < 1.29 is 4.79 Å². The Bertz CT molecular complexity index is 335. The highest BCUT2D eigenvalue weighted by Gasteiger charge is 2.31. The zero-order chi connectivity index (χ0) is 8.72. The molecule has 0 aliphatic carbocycles. The molecule has 0 radical (unpaired) electrons. The molecule has 0 aromatic carbocycles. The van der Waals surface area contributed by atoms with Crippen molar-refractivity contribution >= 4 is 5.91 Å². The Morgan fingerprint density at radius 1 is 1.58 bits per heavy atom. The zero-order valence-corrected chi connectivity index (χ0v) is 7.11. The lowest BCUT2D eigenvalue weighted by Gasteiger charge is -2.13. The number of aromatic nitrogens is 1. The minimum atomic E-state index is 0.0746. The first-order valence-electron chi connectivity index (χ1n) is 3.94. The Morgan fingerprint density at radius 3 is 3.00 bits per heavy atom. The molecular weight excluding hydrogens is 152 g/mol. The number of fused-ring (bicyclic) bond motifs is 1. The van der Waals surface area contributed by atoms with E-state index < -0.39 is 0 Å². The van der Waals surface area contributed by atoms with Crippen LogP contribution in [0.1, 0.15) is 29.0 Å². The molecule has 3 heteroatoms. The van der Waals surface area contributed by atoms with Gasteiger partial charge in [0.25, 0.3) is 5.91 Å². The van der Waals surface area contributed by atoms with Gasteiger partial charge in [0.1, 0.15) is 0 Å². The Kier molecular flexibility index (Phi) is 1.40. The van der Waals surface area contributed by atoms with E-state index in [-0.39, 0.29) is 11.9 Å². The SMILES string of the molecule is CC1c2ncccc2C(=O)N1C. The second-order valence-corrected chi connectivity index (χ2v) is 3.03. The minimum absolute atomic E-state index is 0.0746. The number of hydrogen-bond acceptors (Lipinski definition) is 2. The van der Waals surface area contributed by atoms with Crippen molar-refractivity contribution in [2.45, 2.75) is 13.0 Å². The summed E-state index contributed by atoms with van der Waals surface area (Å²) in [7, 11) is 1.80. The van der Waals surface area contributed by atoms with E-state index >= 15 is 0 Å². The predicted molar refractivity (Wildman–Crippen MR) is 44.7 cm³/mol. The molecule has 1 atom stereocenters. The van der Waals surface area contributed by atoms with E-state index in [1.54, 1.807) is 24.2 Å². The number of amides is 1. The average molecular weight is 162 g/mol. The summed E-state index contributed by atoms with van der Waals surface area (Å²) in [6.07, 6.45) is 1.72. The van der Waals surface area contributed by atoms with Gasteiger partial charge in [-0.1, -0.05) is 0 Å². The number of hydrogen-bond donors (Lipinski definition) is 0. The lowest BCUT2D eigenvalue weighted by molar-refractivity contribution is 0.0783. The van der Waals surface area contributed by atoms with Crippen molar-refractivity contribution in [3.05, 3.63) is 29.6 Å². The molecule has 1 aliphatic rings. The first kappa shape index (κ1) is 7.28. The van der Waals surface area contributed by atoms with Crippen LogP contribution in [0.5, 0.6) is 0 Å². The molecule has 1 amide bonds. The van der Waals surface area contributed by atoms with E-state index in [1.807, 2.05) is 13.0 Å². The van der Waals surface area contributed by atoms with E-state index in [9.17, 15) is 4.79 Å². The second-order valence-electron chi connectivity index (χ2n) is 3.03. The van der Waals surface area contributed by atoms with Crippen molar-refractivity contribution in [3.8, 4) is 0 Å². The molecule has 1 unspecified atom stereocenters. The van der Waals surface area contributed by atoms with Gasteiger partial charge in [-0.05, 0) is 19.1 Å². The summed E-state index contributed by atoms with van der Waals surface area (Å²) in [6, 6.07) is 3.74. The maximum atomic E-state index is 11.5. The maximum Gasteiger partial charge on any atom is 0.256 e. The Labute approximate surface area is 71.0 Å². The van der Waals surface area contributed by atoms with Crippen molar-refractivity contribution in [1.82, 2.24) is 9.88 Å². The highest BCUT2D eigenvalue weighted by atomic mass is 16.2. The van der Waals surface area contributed by atoms with E-state index in [4.69, 9.17) is 0 Å². The van der Waals surface area contributed by atoms with Gasteiger partial charge in [0.15, 0.2) is 0 Å². The summed E-state index contributed by atoms with van der Waals surface area (Å²) in [5.74, 6) is 0.0746. The van der Waals surface area contributed by atoms with Gasteiger partial charge in [-0.25, -0.2) is 0 Å². The number of pyridine rings is 1. The van der Waals surface area contributed by atoms with Gasteiger partial charge in [0.05, 0.1) is 17.3 Å². The molecule has 12 heavy (non-hydrogen) atoms. The third-order valence-corrected chi connectivity index (χ3v) is 2.37. The van der Waals surface area contributed by atoms with Gasteiger partial charge in [0, 0.05) is 13.2 Å². The first-order valence-corrected chi connectivity index (χ1v) is 3.94. The van der Waals surface area contributed by atoms with E-state index in [0.717, 1.165) is 11.3 Å². The fourth-order valence-electron chi connectivity index (χ4n) is 1.48. The number of carbonyl (C=O) groups is 1. The summed E-state index contributed by atoms with van der Waals surface area (Å²) in [6.45, 7) is 1.98. The molecule has 1 aromatic heterocycles. The van der Waals surface area contributed by atoms with Gasteiger partial charge in [-0.15, -0.1) is 0 Å². The van der Waals surface area contributed by atoms with Gasteiger partial charge in [-0.3, -0.25) is 9.78 Å². The molecule has 1 aliphatic heterocycles. The van der Waals surface area contributed by atoms with Crippen LogP contribution < -0.4 is 0 Å². The highest BCUT2D eigenvalue weighted by molar-refractivity contribution is 5.98. The van der Waals surface area contributed by atoms with E-state index in [1.165, 1.54) is 0 Å². The lowest BCUT2D eigenvalue weighted by atomic mass is 10.2. The van der Waals surface area contributed by atoms with Crippen molar-refractivity contribution in [2.24, 2.45) is 0 Å². The predicted octanol–water partition coefficient (Wildman–Crippen LogP) is 1.23. The van der Waals surface area contributed by atoms with Crippen LogP contribution in [0.15, 0.2) is 18.3 Å². The van der Waals surface area contributed by atoms with Crippen LogP contribution in [0.25, 0.3) is 0 Å². The Morgan fingerprint density at radius 2 is 2.33 bits per heavy atom. The van der Waals surface area contributed by atoms with Crippen LogP contribution in [-0.4, -0.2) is 22.8 Å². The van der Waals surface area contributed by atoms with Crippen LogP contribution in [0.4, 0.5) is 0 Å². The average Bonchev–Trinajstić information content (AvgIpc) is 2.33. The Balaban J connectivity index is 2.59. The summed E-state index contributed by atoms with van der Waals surface area (Å²) in [4.78, 5) is 17.4. The molecule has 2 rings (SSSR count). The molecular formula is C9H10N2O. The van der Waals surface area contributed by atoms with Crippen LogP contribution in [0.2, 0.25) is 0 Å². The normalized spacial score (nSPS) is 21.3. The number of carbonyl (C=O) groups excluding carboxylic acids is 1. The minimum Gasteiger partial charge on any atom is -0.333 e. The molecule has 0 saturated heterocycles. The molecule has 2 heterocycles. The molecule has 0 fully saturated rings. The summed E-state index contributed by atoms with van der Waals surface area (Å²) >= 11 is 0. The largest absolute Gasteiger partial charge is 0.333 e. The smallest absolute Gasteiger partial charge is 0.256 e. The number of rotatable bonds is 0. The Hall–Kier alpha value is -1.38. The second kappa shape index (κ2) is 2.30. The molecule has 62 valence electrons. The van der Waals surface area contributed by atoms with E-state index in [2.05, 4.69) is 4.98 Å². The van der Waals surface area contributed by atoms with Crippen LogP contribution in [0, 0.1) is 0 Å².